The van der Waals surface area contributed by atoms with Gasteiger partial charge >= 0.3 is 0 Å². The van der Waals surface area contributed by atoms with E-state index in [1.807, 2.05) is 26.8 Å². The highest BCUT2D eigenvalue weighted by Crippen LogP contribution is 2.24. The molecule has 2 N–H and O–H groups in total. The summed E-state index contributed by atoms with van der Waals surface area (Å²) in [5.74, 6) is 0. The number of aromatic amines is 1. The summed E-state index contributed by atoms with van der Waals surface area (Å²) in [4.78, 5) is 4.27. The molecule has 0 saturated carbocycles. The number of aromatic nitrogens is 3. The van der Waals surface area contributed by atoms with Gasteiger partial charge < -0.3 is 5.32 Å². The first-order chi connectivity index (χ1) is 8.11. The molecule has 2 aromatic rings. The number of hydrogen-bond acceptors (Lipinski definition) is 4. The molecule has 0 aliphatic heterocycles. The molecule has 0 bridgehead atoms. The zero-order chi connectivity index (χ0) is 12.4. The van der Waals surface area contributed by atoms with Crippen molar-refractivity contribution in [1.82, 2.24) is 15.2 Å². The molecule has 0 aliphatic carbocycles. The first kappa shape index (κ1) is 11.1. The van der Waals surface area contributed by atoms with Crippen LogP contribution in [0, 0.1) is 32.1 Å². The summed E-state index contributed by atoms with van der Waals surface area (Å²) in [7, 11) is 0. The van der Waals surface area contributed by atoms with Crippen molar-refractivity contribution in [3.05, 3.63) is 34.9 Å². The number of H-pyrrole nitrogens is 1. The van der Waals surface area contributed by atoms with Gasteiger partial charge in [0, 0.05) is 5.69 Å². The maximum atomic E-state index is 9.13. The van der Waals surface area contributed by atoms with Gasteiger partial charge in [0.25, 0.3) is 0 Å². The largest absolute Gasteiger partial charge is 0.352 e. The van der Waals surface area contributed by atoms with Gasteiger partial charge in [0.1, 0.15) is 6.07 Å². The summed E-state index contributed by atoms with van der Waals surface area (Å²) in [5.41, 5.74) is 4.74. The molecule has 5 heteroatoms. The lowest BCUT2D eigenvalue weighted by Crippen LogP contribution is -1.99. The zero-order valence-electron chi connectivity index (χ0n) is 10.00. The molecule has 0 unspecified atom stereocenters. The van der Waals surface area contributed by atoms with Gasteiger partial charge in [-0.15, -0.1) is 0 Å². The van der Waals surface area contributed by atoms with Crippen LogP contribution in [0.2, 0.25) is 0 Å². The Bertz CT molecular complexity index is 591. The number of aryl methyl sites for hydroxylation is 3. The Hall–Kier alpha value is -2.35. The number of pyridine rings is 1. The van der Waals surface area contributed by atoms with Crippen LogP contribution in [0.1, 0.15) is 22.6 Å². The van der Waals surface area contributed by atoms with Crippen LogP contribution in [-0.2, 0) is 0 Å². The van der Waals surface area contributed by atoms with Crippen LogP contribution in [0.15, 0.2) is 12.3 Å². The van der Waals surface area contributed by atoms with Crippen molar-refractivity contribution < 1.29 is 0 Å². The predicted molar refractivity (Wildman–Crippen MR) is 65.0 cm³/mol. The molecule has 0 spiro atoms. The molecule has 2 rings (SSSR count). The molecule has 86 valence electrons. The van der Waals surface area contributed by atoms with Crippen molar-refractivity contribution in [2.45, 2.75) is 20.8 Å². The standard InChI is InChI=1S/C12H13N5/c1-7-4-11(10(5-13)8(2)15-7)16-12-6-14-17-9(12)3/h4,6H,1-3H3,(H,14,17)(H,15,16). The minimum Gasteiger partial charge on any atom is -0.352 e. The molecular formula is C12H13N5. The minimum atomic E-state index is 0.566. The van der Waals surface area contributed by atoms with Crippen LogP contribution in [0.5, 0.6) is 0 Å². The lowest BCUT2D eigenvalue weighted by molar-refractivity contribution is 1.05. The van der Waals surface area contributed by atoms with Gasteiger partial charge in [0.2, 0.25) is 0 Å². The minimum absolute atomic E-state index is 0.566. The fourth-order valence-electron chi connectivity index (χ4n) is 1.69. The van der Waals surface area contributed by atoms with Crippen molar-refractivity contribution >= 4 is 11.4 Å². The van der Waals surface area contributed by atoms with Crippen LogP contribution in [-0.4, -0.2) is 15.2 Å². The van der Waals surface area contributed by atoms with Crippen molar-refractivity contribution in [3.8, 4) is 6.07 Å². The SMILES string of the molecule is Cc1cc(Nc2cn[nH]c2C)c(C#N)c(C)n1. The average molecular weight is 227 g/mol. The first-order valence-electron chi connectivity index (χ1n) is 5.27. The normalized spacial score (nSPS) is 10.0. The predicted octanol–water partition coefficient (Wildman–Crippen LogP) is 2.35. The van der Waals surface area contributed by atoms with Crippen LogP contribution < -0.4 is 5.32 Å². The molecular weight excluding hydrogens is 214 g/mol. The highest BCUT2D eigenvalue weighted by molar-refractivity contribution is 5.68. The maximum absolute atomic E-state index is 9.13. The smallest absolute Gasteiger partial charge is 0.103 e. The summed E-state index contributed by atoms with van der Waals surface area (Å²) < 4.78 is 0. The average Bonchev–Trinajstić information content (AvgIpc) is 2.64. The van der Waals surface area contributed by atoms with Gasteiger partial charge in [-0.2, -0.15) is 10.4 Å². The number of hydrogen-bond donors (Lipinski definition) is 2. The molecule has 0 aromatic carbocycles. The third-order valence-electron chi connectivity index (χ3n) is 2.54. The van der Waals surface area contributed by atoms with Crippen molar-refractivity contribution in [2.24, 2.45) is 0 Å². The van der Waals surface area contributed by atoms with E-state index in [2.05, 4.69) is 26.6 Å². The van der Waals surface area contributed by atoms with E-state index in [4.69, 9.17) is 5.26 Å². The lowest BCUT2D eigenvalue weighted by Gasteiger charge is -2.09. The van der Waals surface area contributed by atoms with Crippen LogP contribution in [0.4, 0.5) is 11.4 Å². The molecule has 0 atom stereocenters. The molecule has 17 heavy (non-hydrogen) atoms. The van der Waals surface area contributed by atoms with Crippen molar-refractivity contribution in [3.63, 3.8) is 0 Å². The fourth-order valence-corrected chi connectivity index (χ4v) is 1.69. The molecule has 5 nitrogen and oxygen atoms in total. The van der Waals surface area contributed by atoms with Gasteiger partial charge in [0.05, 0.1) is 34.5 Å². The molecule has 0 saturated heterocycles. The van der Waals surface area contributed by atoms with Gasteiger partial charge in [0.15, 0.2) is 0 Å². The van der Waals surface area contributed by atoms with E-state index in [1.165, 1.54) is 0 Å². The van der Waals surface area contributed by atoms with E-state index in [-0.39, 0.29) is 0 Å². The summed E-state index contributed by atoms with van der Waals surface area (Å²) in [6.45, 7) is 5.66. The highest BCUT2D eigenvalue weighted by Gasteiger charge is 2.09. The van der Waals surface area contributed by atoms with Gasteiger partial charge in [-0.1, -0.05) is 0 Å². The Morgan fingerprint density at radius 3 is 2.65 bits per heavy atom. The van der Waals surface area contributed by atoms with E-state index in [9.17, 15) is 0 Å². The molecule has 2 heterocycles. The molecule has 2 aromatic heterocycles. The quantitative estimate of drug-likeness (QED) is 0.825. The van der Waals surface area contributed by atoms with Crippen LogP contribution in [0.25, 0.3) is 0 Å². The number of nitrogens with zero attached hydrogens (tertiary/aromatic N) is 3. The topological polar surface area (TPSA) is 77.4 Å². The van der Waals surface area contributed by atoms with E-state index in [1.54, 1.807) is 6.20 Å². The third kappa shape index (κ3) is 2.11. The maximum Gasteiger partial charge on any atom is 0.103 e. The summed E-state index contributed by atoms with van der Waals surface area (Å²) in [6, 6.07) is 4.03. The molecule has 0 radical (unpaired) electrons. The monoisotopic (exact) mass is 227 g/mol. The second kappa shape index (κ2) is 4.26. The second-order valence-corrected chi connectivity index (χ2v) is 3.92. The van der Waals surface area contributed by atoms with Crippen molar-refractivity contribution in [2.75, 3.05) is 5.32 Å². The highest BCUT2D eigenvalue weighted by atomic mass is 15.1. The van der Waals surface area contributed by atoms with Gasteiger partial charge in [-0.05, 0) is 26.8 Å². The van der Waals surface area contributed by atoms with Gasteiger partial charge in [-0.25, -0.2) is 0 Å². The summed E-state index contributed by atoms with van der Waals surface area (Å²) in [5, 5.41) is 19.1. The Morgan fingerprint density at radius 2 is 2.06 bits per heavy atom. The summed E-state index contributed by atoms with van der Waals surface area (Å²) in [6.07, 6.45) is 1.70. The van der Waals surface area contributed by atoms with Crippen LogP contribution in [0.3, 0.4) is 0 Å². The molecule has 0 amide bonds. The van der Waals surface area contributed by atoms with Crippen molar-refractivity contribution in [1.29, 1.82) is 5.26 Å². The fraction of sp³-hybridized carbons (Fsp3) is 0.250. The lowest BCUT2D eigenvalue weighted by atomic mass is 10.1. The van der Waals surface area contributed by atoms with E-state index < -0.39 is 0 Å². The Balaban J connectivity index is 2.46. The second-order valence-electron chi connectivity index (χ2n) is 3.92. The van der Waals surface area contributed by atoms with E-state index >= 15 is 0 Å². The first-order valence-corrected chi connectivity index (χ1v) is 5.27. The van der Waals surface area contributed by atoms with E-state index in [0.29, 0.717) is 5.56 Å². The summed E-state index contributed by atoms with van der Waals surface area (Å²) >= 11 is 0. The van der Waals surface area contributed by atoms with Gasteiger partial charge in [-0.3, -0.25) is 10.1 Å². The zero-order valence-corrected chi connectivity index (χ0v) is 10.00. The number of anilines is 2. The van der Waals surface area contributed by atoms with E-state index in [0.717, 1.165) is 28.5 Å². The molecule has 0 aliphatic rings. The number of nitrogens with one attached hydrogen (secondary N) is 2. The number of nitriles is 1. The Kier molecular flexibility index (Phi) is 2.79. The Labute approximate surface area is 99.5 Å². The van der Waals surface area contributed by atoms with Crippen LogP contribution >= 0.6 is 0 Å². The number of rotatable bonds is 2. The third-order valence-corrected chi connectivity index (χ3v) is 2.54. The molecule has 0 fully saturated rings. The Morgan fingerprint density at radius 1 is 1.29 bits per heavy atom.